The van der Waals surface area contributed by atoms with Crippen molar-refractivity contribution in [2.75, 3.05) is 0 Å². The first-order valence-electron chi connectivity index (χ1n) is 7.69. The molecular formula is C16H23N5. The molecule has 0 aliphatic heterocycles. The second-order valence-corrected chi connectivity index (χ2v) is 5.83. The minimum atomic E-state index is 0.0469. The van der Waals surface area contributed by atoms with Crippen LogP contribution in [0.3, 0.4) is 0 Å². The van der Waals surface area contributed by atoms with E-state index < -0.39 is 0 Å². The minimum absolute atomic E-state index is 0.0469. The maximum Gasteiger partial charge on any atom is 0.0644 e. The molecule has 1 aliphatic carbocycles. The average Bonchev–Trinajstić information content (AvgIpc) is 3.16. The van der Waals surface area contributed by atoms with Gasteiger partial charge in [0.15, 0.2) is 0 Å². The Morgan fingerprint density at radius 1 is 1.38 bits per heavy atom. The highest BCUT2D eigenvalue weighted by atomic mass is 15.3. The third-order valence-electron chi connectivity index (χ3n) is 4.40. The molecule has 0 spiro atoms. The van der Waals surface area contributed by atoms with Gasteiger partial charge in [-0.25, -0.2) is 0 Å². The Balaban J connectivity index is 1.74. The first kappa shape index (κ1) is 14.2. The van der Waals surface area contributed by atoms with Gasteiger partial charge in [-0.2, -0.15) is 5.10 Å². The van der Waals surface area contributed by atoms with Crippen LogP contribution in [0.4, 0.5) is 0 Å². The number of aromatic nitrogens is 3. The molecule has 5 heteroatoms. The smallest absolute Gasteiger partial charge is 0.0644 e. The zero-order chi connectivity index (χ0) is 14.7. The van der Waals surface area contributed by atoms with Crippen molar-refractivity contribution < 1.29 is 0 Å². The Morgan fingerprint density at radius 2 is 2.19 bits per heavy atom. The van der Waals surface area contributed by atoms with Crippen molar-refractivity contribution in [3.05, 3.63) is 47.5 Å². The SMILES string of the molecule is Cc1ncccc1C(Cc1ccn(C2CCCC2)n1)NN. The fraction of sp³-hybridized carbons (Fsp3) is 0.500. The van der Waals surface area contributed by atoms with Crippen LogP contribution in [-0.2, 0) is 6.42 Å². The van der Waals surface area contributed by atoms with Crippen LogP contribution in [0.2, 0.25) is 0 Å². The van der Waals surface area contributed by atoms with E-state index in [1.165, 1.54) is 25.7 Å². The summed E-state index contributed by atoms with van der Waals surface area (Å²) in [6, 6.07) is 6.76. The summed E-state index contributed by atoms with van der Waals surface area (Å²) in [7, 11) is 0. The molecule has 0 bridgehead atoms. The van der Waals surface area contributed by atoms with Gasteiger partial charge in [-0.15, -0.1) is 0 Å². The van der Waals surface area contributed by atoms with Crippen LogP contribution in [0.15, 0.2) is 30.6 Å². The number of hydrogen-bond acceptors (Lipinski definition) is 4. The Labute approximate surface area is 125 Å². The van der Waals surface area contributed by atoms with Crippen molar-refractivity contribution in [3.8, 4) is 0 Å². The summed E-state index contributed by atoms with van der Waals surface area (Å²) < 4.78 is 2.13. The van der Waals surface area contributed by atoms with Crippen molar-refractivity contribution in [1.82, 2.24) is 20.2 Å². The average molecular weight is 285 g/mol. The van der Waals surface area contributed by atoms with Crippen molar-refractivity contribution in [1.29, 1.82) is 0 Å². The van der Waals surface area contributed by atoms with Gasteiger partial charge in [0.25, 0.3) is 0 Å². The maximum absolute atomic E-state index is 5.74. The number of hydrogen-bond donors (Lipinski definition) is 2. The summed E-state index contributed by atoms with van der Waals surface area (Å²) in [6.07, 6.45) is 9.84. The number of rotatable bonds is 5. The summed E-state index contributed by atoms with van der Waals surface area (Å²) in [5.74, 6) is 5.74. The summed E-state index contributed by atoms with van der Waals surface area (Å²) in [5.41, 5.74) is 6.12. The van der Waals surface area contributed by atoms with E-state index in [9.17, 15) is 0 Å². The van der Waals surface area contributed by atoms with Gasteiger partial charge in [0.05, 0.1) is 17.8 Å². The molecule has 2 aromatic heterocycles. The van der Waals surface area contributed by atoms with Crippen LogP contribution in [-0.4, -0.2) is 14.8 Å². The van der Waals surface area contributed by atoms with Crippen molar-refractivity contribution in [2.45, 2.75) is 51.1 Å². The molecule has 1 aliphatic rings. The first-order valence-corrected chi connectivity index (χ1v) is 7.69. The number of nitrogens with one attached hydrogen (secondary N) is 1. The molecule has 0 saturated heterocycles. The lowest BCUT2D eigenvalue weighted by molar-refractivity contribution is 0.457. The van der Waals surface area contributed by atoms with E-state index in [4.69, 9.17) is 10.9 Å². The van der Waals surface area contributed by atoms with Crippen LogP contribution in [0, 0.1) is 6.92 Å². The molecule has 3 N–H and O–H groups in total. The Morgan fingerprint density at radius 3 is 2.90 bits per heavy atom. The van der Waals surface area contributed by atoms with E-state index >= 15 is 0 Å². The van der Waals surface area contributed by atoms with Crippen molar-refractivity contribution in [2.24, 2.45) is 5.84 Å². The van der Waals surface area contributed by atoms with Crippen molar-refractivity contribution >= 4 is 0 Å². The highest BCUT2D eigenvalue weighted by Gasteiger charge is 2.19. The van der Waals surface area contributed by atoms with E-state index in [0.717, 1.165) is 23.4 Å². The predicted octanol–water partition coefficient (Wildman–Crippen LogP) is 2.45. The molecule has 0 aromatic carbocycles. The topological polar surface area (TPSA) is 68.8 Å². The number of nitrogens with zero attached hydrogens (tertiary/aromatic N) is 3. The van der Waals surface area contributed by atoms with Gasteiger partial charge in [-0.3, -0.25) is 20.9 Å². The number of aryl methyl sites for hydroxylation is 1. The predicted molar refractivity (Wildman–Crippen MR) is 82.5 cm³/mol. The quantitative estimate of drug-likeness (QED) is 0.654. The lowest BCUT2D eigenvalue weighted by Gasteiger charge is -2.17. The molecule has 0 radical (unpaired) electrons. The van der Waals surface area contributed by atoms with Gasteiger partial charge >= 0.3 is 0 Å². The van der Waals surface area contributed by atoms with Gasteiger partial charge in [0.2, 0.25) is 0 Å². The number of pyridine rings is 1. The zero-order valence-electron chi connectivity index (χ0n) is 12.5. The Bertz CT molecular complexity index is 586. The molecule has 2 heterocycles. The molecule has 1 fully saturated rings. The van der Waals surface area contributed by atoms with Crippen LogP contribution < -0.4 is 11.3 Å². The fourth-order valence-corrected chi connectivity index (χ4v) is 3.19. The van der Waals surface area contributed by atoms with E-state index in [1.54, 1.807) is 6.20 Å². The minimum Gasteiger partial charge on any atom is -0.271 e. The van der Waals surface area contributed by atoms with E-state index in [1.807, 2.05) is 13.0 Å². The molecule has 112 valence electrons. The highest BCUT2D eigenvalue weighted by Crippen LogP contribution is 2.29. The van der Waals surface area contributed by atoms with E-state index in [2.05, 4.69) is 33.4 Å². The Hall–Kier alpha value is -1.72. The zero-order valence-corrected chi connectivity index (χ0v) is 12.5. The molecule has 1 atom stereocenters. The molecule has 0 amide bonds. The third kappa shape index (κ3) is 3.14. The van der Waals surface area contributed by atoms with Crippen LogP contribution in [0.1, 0.15) is 54.7 Å². The van der Waals surface area contributed by atoms with E-state index in [0.29, 0.717) is 6.04 Å². The summed E-state index contributed by atoms with van der Waals surface area (Å²) >= 11 is 0. The molecule has 1 saturated carbocycles. The normalized spacial score (nSPS) is 17.2. The molecule has 1 unspecified atom stereocenters. The highest BCUT2D eigenvalue weighted by molar-refractivity contribution is 5.24. The first-order chi connectivity index (χ1) is 10.3. The summed E-state index contributed by atoms with van der Waals surface area (Å²) in [5, 5.41) is 4.74. The summed E-state index contributed by atoms with van der Waals surface area (Å²) in [6.45, 7) is 2.01. The van der Waals surface area contributed by atoms with Gasteiger partial charge < -0.3 is 0 Å². The lowest BCUT2D eigenvalue weighted by Crippen LogP contribution is -2.30. The summed E-state index contributed by atoms with van der Waals surface area (Å²) in [4.78, 5) is 4.34. The fourth-order valence-electron chi connectivity index (χ4n) is 3.19. The van der Waals surface area contributed by atoms with Gasteiger partial charge in [0, 0.05) is 24.5 Å². The largest absolute Gasteiger partial charge is 0.271 e. The van der Waals surface area contributed by atoms with E-state index in [-0.39, 0.29) is 6.04 Å². The second-order valence-electron chi connectivity index (χ2n) is 5.83. The second kappa shape index (κ2) is 6.37. The van der Waals surface area contributed by atoms with Crippen LogP contribution in [0.25, 0.3) is 0 Å². The lowest BCUT2D eigenvalue weighted by atomic mass is 10.0. The monoisotopic (exact) mass is 285 g/mol. The van der Waals surface area contributed by atoms with Crippen LogP contribution in [0.5, 0.6) is 0 Å². The third-order valence-corrected chi connectivity index (χ3v) is 4.40. The molecule has 2 aromatic rings. The molecule has 3 rings (SSSR count). The van der Waals surface area contributed by atoms with Crippen LogP contribution >= 0.6 is 0 Å². The molecule has 5 nitrogen and oxygen atoms in total. The van der Waals surface area contributed by atoms with Crippen molar-refractivity contribution in [3.63, 3.8) is 0 Å². The molecular weight excluding hydrogens is 262 g/mol. The Kier molecular flexibility index (Phi) is 4.31. The standard InChI is InChI=1S/C16H23N5/c1-12-15(7-4-9-18-12)16(19-17)11-13-8-10-21(20-13)14-5-2-3-6-14/h4,7-10,14,16,19H,2-3,5-6,11,17H2,1H3. The number of hydrazine groups is 1. The molecule has 21 heavy (non-hydrogen) atoms. The van der Waals surface area contributed by atoms with Gasteiger partial charge in [-0.1, -0.05) is 18.9 Å². The van der Waals surface area contributed by atoms with Gasteiger partial charge in [0.1, 0.15) is 0 Å². The number of nitrogens with two attached hydrogens (primary N) is 1. The van der Waals surface area contributed by atoms with Gasteiger partial charge in [-0.05, 0) is 37.5 Å². The maximum atomic E-state index is 5.74.